The van der Waals surface area contributed by atoms with Gasteiger partial charge in [0.05, 0.1) is 0 Å². The average molecular weight is 205 g/mol. The van der Waals surface area contributed by atoms with E-state index < -0.39 is 0 Å². The quantitative estimate of drug-likeness (QED) is 0.702. The second kappa shape index (κ2) is 3.50. The first-order chi connectivity index (χ1) is 6.68. The molecule has 1 aliphatic rings. The summed E-state index contributed by atoms with van der Waals surface area (Å²) in [7, 11) is 3.91. The number of benzene rings is 1. The molecule has 0 spiro atoms. The molecular formula is C11H11NOS. The molecule has 14 heavy (non-hydrogen) atoms. The predicted molar refractivity (Wildman–Crippen MR) is 60.0 cm³/mol. The molecule has 0 bridgehead atoms. The summed E-state index contributed by atoms with van der Waals surface area (Å²) in [5.74, 6) is 0. The zero-order valence-electron chi connectivity index (χ0n) is 8.15. The van der Waals surface area contributed by atoms with Gasteiger partial charge in [0.1, 0.15) is 0 Å². The highest BCUT2D eigenvalue weighted by molar-refractivity contribution is 8.22. The van der Waals surface area contributed by atoms with Gasteiger partial charge in [-0.3, -0.25) is 4.79 Å². The van der Waals surface area contributed by atoms with Crippen molar-refractivity contribution in [1.82, 2.24) is 4.90 Å². The van der Waals surface area contributed by atoms with E-state index in [1.165, 1.54) is 11.8 Å². The number of hydrogen-bond donors (Lipinski definition) is 0. The highest BCUT2D eigenvalue weighted by Gasteiger charge is 2.24. The number of thioether (sulfide) groups is 1. The maximum atomic E-state index is 11.6. The molecule has 1 aliphatic heterocycles. The van der Waals surface area contributed by atoms with Crippen LogP contribution >= 0.6 is 11.8 Å². The molecule has 0 amide bonds. The summed E-state index contributed by atoms with van der Waals surface area (Å²) in [6, 6.07) is 7.72. The smallest absolute Gasteiger partial charge is 0.224 e. The van der Waals surface area contributed by atoms with Crippen LogP contribution in [0.15, 0.2) is 30.5 Å². The Morgan fingerprint density at radius 3 is 2.50 bits per heavy atom. The van der Waals surface area contributed by atoms with Crippen LogP contribution in [0.2, 0.25) is 0 Å². The normalized spacial score (nSPS) is 17.3. The molecule has 72 valence electrons. The molecule has 0 saturated carbocycles. The van der Waals surface area contributed by atoms with Gasteiger partial charge in [0, 0.05) is 36.3 Å². The molecular weight excluding hydrogens is 194 g/mol. The Hall–Kier alpha value is -1.22. The van der Waals surface area contributed by atoms with Crippen molar-refractivity contribution in [1.29, 1.82) is 0 Å². The standard InChI is InChI=1S/C11H11NOS/c1-12(2)7-10-8-5-3-4-6-9(8)11(13)14-10/h3-7H,1-2H3/b10-7-. The van der Waals surface area contributed by atoms with E-state index in [9.17, 15) is 4.79 Å². The summed E-state index contributed by atoms with van der Waals surface area (Å²) in [6.45, 7) is 0. The van der Waals surface area contributed by atoms with Crippen LogP contribution in [0.3, 0.4) is 0 Å². The van der Waals surface area contributed by atoms with Crippen LogP contribution in [0, 0.1) is 0 Å². The van der Waals surface area contributed by atoms with E-state index in [2.05, 4.69) is 0 Å². The number of carbonyl (C=O) groups excluding carboxylic acids is 1. The number of hydrogen-bond acceptors (Lipinski definition) is 3. The highest BCUT2D eigenvalue weighted by Crippen LogP contribution is 2.40. The molecule has 1 aromatic carbocycles. The second-order valence-corrected chi connectivity index (χ2v) is 4.41. The Kier molecular flexibility index (Phi) is 2.33. The fraction of sp³-hybridized carbons (Fsp3) is 0.182. The zero-order valence-corrected chi connectivity index (χ0v) is 8.97. The van der Waals surface area contributed by atoms with Gasteiger partial charge in [-0.2, -0.15) is 0 Å². The third-order valence-electron chi connectivity index (χ3n) is 1.99. The largest absolute Gasteiger partial charge is 0.383 e. The van der Waals surface area contributed by atoms with Crippen molar-refractivity contribution in [2.75, 3.05) is 14.1 Å². The van der Waals surface area contributed by atoms with Gasteiger partial charge in [-0.25, -0.2) is 0 Å². The second-order valence-electron chi connectivity index (χ2n) is 3.39. The van der Waals surface area contributed by atoms with Crippen LogP contribution < -0.4 is 0 Å². The van der Waals surface area contributed by atoms with Crippen molar-refractivity contribution >= 4 is 21.8 Å². The van der Waals surface area contributed by atoms with Crippen LogP contribution in [-0.4, -0.2) is 24.1 Å². The molecule has 0 fully saturated rings. The Morgan fingerprint density at radius 1 is 1.21 bits per heavy atom. The highest BCUT2D eigenvalue weighted by atomic mass is 32.2. The Bertz CT molecular complexity index is 410. The van der Waals surface area contributed by atoms with Crippen molar-refractivity contribution in [3.63, 3.8) is 0 Å². The van der Waals surface area contributed by atoms with Gasteiger partial charge >= 0.3 is 0 Å². The lowest BCUT2D eigenvalue weighted by molar-refractivity contribution is 0.109. The Morgan fingerprint density at radius 2 is 1.86 bits per heavy atom. The molecule has 0 aromatic heterocycles. The molecule has 0 unspecified atom stereocenters. The molecule has 0 aliphatic carbocycles. The van der Waals surface area contributed by atoms with Crippen LogP contribution in [-0.2, 0) is 0 Å². The van der Waals surface area contributed by atoms with E-state index in [0.29, 0.717) is 0 Å². The number of nitrogens with zero attached hydrogens (tertiary/aromatic N) is 1. The number of carbonyl (C=O) groups is 1. The van der Waals surface area contributed by atoms with E-state index in [4.69, 9.17) is 0 Å². The molecule has 0 saturated heterocycles. The summed E-state index contributed by atoms with van der Waals surface area (Å²) in [4.78, 5) is 14.6. The van der Waals surface area contributed by atoms with Crippen molar-refractivity contribution in [2.24, 2.45) is 0 Å². The minimum atomic E-state index is 0.147. The third-order valence-corrected chi connectivity index (χ3v) is 2.94. The number of rotatable bonds is 1. The van der Waals surface area contributed by atoms with Crippen LogP contribution in [0.25, 0.3) is 4.91 Å². The van der Waals surface area contributed by atoms with Gasteiger partial charge in [-0.05, 0) is 17.8 Å². The maximum Gasteiger partial charge on any atom is 0.224 e. The molecule has 3 heteroatoms. The van der Waals surface area contributed by atoms with E-state index in [1.807, 2.05) is 49.5 Å². The van der Waals surface area contributed by atoms with Crippen LogP contribution in [0.5, 0.6) is 0 Å². The van der Waals surface area contributed by atoms with Gasteiger partial charge in [-0.15, -0.1) is 0 Å². The topological polar surface area (TPSA) is 20.3 Å². The zero-order chi connectivity index (χ0) is 10.1. The molecule has 2 nitrogen and oxygen atoms in total. The number of fused-ring (bicyclic) bond motifs is 1. The van der Waals surface area contributed by atoms with Crippen molar-refractivity contribution in [2.45, 2.75) is 0 Å². The van der Waals surface area contributed by atoms with Gasteiger partial charge in [0.25, 0.3) is 0 Å². The minimum Gasteiger partial charge on any atom is -0.383 e. The Balaban J connectivity index is 2.49. The van der Waals surface area contributed by atoms with E-state index in [1.54, 1.807) is 0 Å². The van der Waals surface area contributed by atoms with Gasteiger partial charge in [0.15, 0.2) is 0 Å². The van der Waals surface area contributed by atoms with Gasteiger partial charge in [0.2, 0.25) is 5.12 Å². The first-order valence-corrected chi connectivity index (χ1v) is 5.20. The Labute approximate surface area is 87.6 Å². The van der Waals surface area contributed by atoms with E-state index in [-0.39, 0.29) is 5.12 Å². The third kappa shape index (κ3) is 1.55. The first kappa shape index (κ1) is 9.34. The lowest BCUT2D eigenvalue weighted by Gasteiger charge is -2.06. The first-order valence-electron chi connectivity index (χ1n) is 4.38. The fourth-order valence-electron chi connectivity index (χ4n) is 1.42. The van der Waals surface area contributed by atoms with Crippen molar-refractivity contribution < 1.29 is 4.79 Å². The van der Waals surface area contributed by atoms with Crippen LogP contribution in [0.1, 0.15) is 15.9 Å². The molecule has 1 heterocycles. The van der Waals surface area contributed by atoms with Gasteiger partial charge < -0.3 is 4.90 Å². The molecule has 1 aromatic rings. The monoisotopic (exact) mass is 205 g/mol. The summed E-state index contributed by atoms with van der Waals surface area (Å²) < 4.78 is 0. The van der Waals surface area contributed by atoms with Crippen molar-refractivity contribution in [3.8, 4) is 0 Å². The average Bonchev–Trinajstić information content (AvgIpc) is 2.44. The minimum absolute atomic E-state index is 0.147. The lowest BCUT2D eigenvalue weighted by Crippen LogP contribution is -2.01. The van der Waals surface area contributed by atoms with E-state index in [0.717, 1.165) is 16.0 Å². The molecule has 0 radical (unpaired) electrons. The van der Waals surface area contributed by atoms with Gasteiger partial charge in [-0.1, -0.05) is 18.2 Å². The summed E-state index contributed by atoms with van der Waals surface area (Å²) in [5.41, 5.74) is 1.88. The summed E-state index contributed by atoms with van der Waals surface area (Å²) in [6.07, 6.45) is 1.98. The maximum absolute atomic E-state index is 11.6. The lowest BCUT2D eigenvalue weighted by atomic mass is 10.1. The summed E-state index contributed by atoms with van der Waals surface area (Å²) in [5, 5.41) is 0.147. The molecule has 2 rings (SSSR count). The SMILES string of the molecule is CN(C)/C=C1\SC(=O)c2ccccc21. The predicted octanol–water partition coefficient (Wildman–Crippen LogP) is 2.43. The molecule has 0 atom stereocenters. The summed E-state index contributed by atoms with van der Waals surface area (Å²) >= 11 is 1.30. The fourth-order valence-corrected chi connectivity index (χ4v) is 2.46. The molecule has 0 N–H and O–H groups in total. The van der Waals surface area contributed by atoms with Crippen LogP contribution in [0.4, 0.5) is 0 Å². The van der Waals surface area contributed by atoms with E-state index >= 15 is 0 Å². The van der Waals surface area contributed by atoms with Crippen molar-refractivity contribution in [3.05, 3.63) is 41.6 Å².